The second kappa shape index (κ2) is 8.41. The Labute approximate surface area is 191 Å². The van der Waals surface area contributed by atoms with Crippen LogP contribution in [0.25, 0.3) is 10.8 Å². The first-order valence-corrected chi connectivity index (χ1v) is 12.5. The number of benzene rings is 4. The highest BCUT2D eigenvalue weighted by molar-refractivity contribution is 7.99. The Hall–Kier alpha value is -3.16. The predicted octanol–water partition coefficient (Wildman–Crippen LogP) is 5.87. The van der Waals surface area contributed by atoms with E-state index in [0.717, 1.165) is 26.1 Å². The summed E-state index contributed by atoms with van der Waals surface area (Å²) in [5, 5.41) is 1.86. The molecule has 7 heteroatoms. The van der Waals surface area contributed by atoms with Crippen molar-refractivity contribution in [3.05, 3.63) is 84.4 Å². The first-order chi connectivity index (χ1) is 15.5. The molecule has 0 aromatic heterocycles. The number of hydrogen-bond acceptors (Lipinski definition) is 5. The van der Waals surface area contributed by atoms with Crippen molar-refractivity contribution in [3.63, 3.8) is 0 Å². The summed E-state index contributed by atoms with van der Waals surface area (Å²) in [7, 11) is -3.84. The van der Waals surface area contributed by atoms with E-state index in [2.05, 4.69) is 11.6 Å². The lowest BCUT2D eigenvalue weighted by Gasteiger charge is -2.19. The molecule has 1 heterocycles. The molecule has 1 aliphatic rings. The summed E-state index contributed by atoms with van der Waals surface area (Å²) in [6, 6.07) is 24.4. The van der Waals surface area contributed by atoms with E-state index in [4.69, 9.17) is 9.47 Å². The largest absolute Gasteiger partial charge is 0.486 e. The number of rotatable bonds is 5. The SMILES string of the molecule is Cc1c(Sc2ccccc2)cc(NS(=O)(=O)c2ccc3c(c2)OCCO3)c2ccccc12. The molecule has 0 spiro atoms. The molecule has 0 saturated heterocycles. The normalized spacial score (nSPS) is 13.2. The van der Waals surface area contributed by atoms with Crippen molar-refractivity contribution in [3.8, 4) is 11.5 Å². The maximum absolute atomic E-state index is 13.3. The number of hydrogen-bond donors (Lipinski definition) is 1. The highest BCUT2D eigenvalue weighted by atomic mass is 32.2. The number of sulfonamides is 1. The molecule has 4 aromatic rings. The maximum Gasteiger partial charge on any atom is 0.262 e. The standard InChI is InChI=1S/C25H21NO4S2/c1-17-20-9-5-6-10-21(20)22(16-25(17)31-18-7-3-2-4-8-18)26-32(27,28)19-11-12-23-24(15-19)30-14-13-29-23/h2-12,15-16,26H,13-14H2,1H3. The zero-order valence-corrected chi connectivity index (χ0v) is 19.0. The zero-order valence-electron chi connectivity index (χ0n) is 17.4. The van der Waals surface area contributed by atoms with Crippen LogP contribution in [0.15, 0.2) is 93.5 Å². The average molecular weight is 464 g/mol. The van der Waals surface area contributed by atoms with Gasteiger partial charge in [-0.3, -0.25) is 4.72 Å². The van der Waals surface area contributed by atoms with E-state index in [1.807, 2.05) is 60.7 Å². The van der Waals surface area contributed by atoms with Crippen LogP contribution < -0.4 is 14.2 Å². The van der Waals surface area contributed by atoms with Gasteiger partial charge in [-0.1, -0.05) is 54.2 Å². The minimum atomic E-state index is -3.84. The molecule has 0 fully saturated rings. The second-order valence-corrected chi connectivity index (χ2v) is 10.2. The summed E-state index contributed by atoms with van der Waals surface area (Å²) < 4.78 is 40.4. The molecule has 162 valence electrons. The van der Waals surface area contributed by atoms with Gasteiger partial charge < -0.3 is 9.47 Å². The van der Waals surface area contributed by atoms with Crippen LogP contribution in [0.3, 0.4) is 0 Å². The van der Waals surface area contributed by atoms with Crippen molar-refractivity contribution in [2.75, 3.05) is 17.9 Å². The van der Waals surface area contributed by atoms with Crippen LogP contribution in [0.2, 0.25) is 0 Å². The molecule has 1 N–H and O–H groups in total. The van der Waals surface area contributed by atoms with Gasteiger partial charge >= 0.3 is 0 Å². The Morgan fingerprint density at radius 3 is 2.28 bits per heavy atom. The molecule has 0 atom stereocenters. The number of aryl methyl sites for hydroxylation is 1. The first-order valence-electron chi connectivity index (χ1n) is 10.2. The van der Waals surface area contributed by atoms with Gasteiger partial charge in [-0.15, -0.1) is 0 Å². The minimum Gasteiger partial charge on any atom is -0.486 e. The van der Waals surface area contributed by atoms with Crippen molar-refractivity contribution in [1.29, 1.82) is 0 Å². The third-order valence-corrected chi connectivity index (χ3v) is 7.82. The van der Waals surface area contributed by atoms with Crippen LogP contribution in [-0.4, -0.2) is 21.6 Å². The molecule has 4 aromatic carbocycles. The summed E-state index contributed by atoms with van der Waals surface area (Å²) in [6.07, 6.45) is 0. The summed E-state index contributed by atoms with van der Waals surface area (Å²) >= 11 is 1.61. The van der Waals surface area contributed by atoms with Crippen molar-refractivity contribution in [2.45, 2.75) is 21.6 Å². The lowest BCUT2D eigenvalue weighted by atomic mass is 10.0. The Balaban J connectivity index is 1.56. The molecule has 0 radical (unpaired) electrons. The van der Waals surface area contributed by atoms with Gasteiger partial charge in [0, 0.05) is 21.2 Å². The smallest absolute Gasteiger partial charge is 0.262 e. The van der Waals surface area contributed by atoms with Gasteiger partial charge in [0.25, 0.3) is 10.0 Å². The van der Waals surface area contributed by atoms with Crippen LogP contribution in [0.5, 0.6) is 11.5 Å². The molecular weight excluding hydrogens is 442 g/mol. The van der Waals surface area contributed by atoms with E-state index in [1.54, 1.807) is 17.8 Å². The summed E-state index contributed by atoms with van der Waals surface area (Å²) in [5.74, 6) is 0.991. The van der Waals surface area contributed by atoms with Crippen molar-refractivity contribution in [2.24, 2.45) is 0 Å². The average Bonchev–Trinajstić information content (AvgIpc) is 2.82. The summed E-state index contributed by atoms with van der Waals surface area (Å²) in [6.45, 7) is 2.91. The fourth-order valence-corrected chi connectivity index (χ4v) is 5.77. The third kappa shape index (κ3) is 4.01. The Morgan fingerprint density at radius 2 is 1.50 bits per heavy atom. The molecule has 5 nitrogen and oxygen atoms in total. The second-order valence-electron chi connectivity index (χ2n) is 7.42. The minimum absolute atomic E-state index is 0.128. The number of anilines is 1. The molecule has 0 aliphatic carbocycles. The third-order valence-electron chi connectivity index (χ3n) is 5.31. The van der Waals surface area contributed by atoms with E-state index in [9.17, 15) is 8.42 Å². The van der Waals surface area contributed by atoms with Gasteiger partial charge in [0.2, 0.25) is 0 Å². The predicted molar refractivity (Wildman–Crippen MR) is 127 cm³/mol. The van der Waals surface area contributed by atoms with E-state index in [1.165, 1.54) is 12.1 Å². The number of fused-ring (bicyclic) bond motifs is 2. The topological polar surface area (TPSA) is 64.6 Å². The van der Waals surface area contributed by atoms with E-state index in [-0.39, 0.29) is 4.90 Å². The molecule has 1 aliphatic heterocycles. The Kier molecular flexibility index (Phi) is 5.45. The maximum atomic E-state index is 13.3. The molecule has 0 amide bonds. The van der Waals surface area contributed by atoms with Crippen LogP contribution in [0.1, 0.15) is 5.56 Å². The van der Waals surface area contributed by atoms with E-state index in [0.29, 0.717) is 30.4 Å². The highest BCUT2D eigenvalue weighted by Crippen LogP contribution is 2.39. The fourth-order valence-electron chi connectivity index (χ4n) is 3.70. The van der Waals surface area contributed by atoms with Gasteiger partial charge in [-0.05, 0) is 48.2 Å². The Morgan fingerprint density at radius 1 is 0.812 bits per heavy atom. The monoisotopic (exact) mass is 463 g/mol. The quantitative estimate of drug-likeness (QED) is 0.401. The van der Waals surface area contributed by atoms with Crippen LogP contribution in [-0.2, 0) is 10.0 Å². The van der Waals surface area contributed by atoms with Gasteiger partial charge in [0.1, 0.15) is 13.2 Å². The van der Waals surface area contributed by atoms with Crippen molar-refractivity contribution >= 4 is 38.2 Å². The number of nitrogens with one attached hydrogen (secondary N) is 1. The van der Waals surface area contributed by atoms with Crippen molar-refractivity contribution in [1.82, 2.24) is 0 Å². The molecule has 32 heavy (non-hydrogen) atoms. The van der Waals surface area contributed by atoms with Crippen LogP contribution >= 0.6 is 11.8 Å². The number of ether oxygens (including phenoxy) is 2. The molecule has 5 rings (SSSR count). The fraction of sp³-hybridized carbons (Fsp3) is 0.120. The lowest BCUT2D eigenvalue weighted by Crippen LogP contribution is -2.17. The summed E-state index contributed by atoms with van der Waals surface area (Å²) in [4.78, 5) is 2.21. The van der Waals surface area contributed by atoms with Crippen LogP contribution in [0.4, 0.5) is 5.69 Å². The molecule has 0 unspecified atom stereocenters. The Bertz CT molecular complexity index is 1400. The van der Waals surface area contributed by atoms with Gasteiger partial charge in [0.15, 0.2) is 11.5 Å². The first kappa shape index (κ1) is 20.7. The van der Waals surface area contributed by atoms with E-state index >= 15 is 0 Å². The molecule has 0 saturated carbocycles. The van der Waals surface area contributed by atoms with E-state index < -0.39 is 10.0 Å². The lowest BCUT2D eigenvalue weighted by molar-refractivity contribution is 0.171. The van der Waals surface area contributed by atoms with Crippen LogP contribution in [0, 0.1) is 6.92 Å². The van der Waals surface area contributed by atoms with Crippen molar-refractivity contribution < 1.29 is 17.9 Å². The van der Waals surface area contributed by atoms with Gasteiger partial charge in [0.05, 0.1) is 10.6 Å². The zero-order chi connectivity index (χ0) is 22.1. The van der Waals surface area contributed by atoms with Gasteiger partial charge in [-0.2, -0.15) is 0 Å². The van der Waals surface area contributed by atoms with Gasteiger partial charge in [-0.25, -0.2) is 8.42 Å². The summed E-state index contributed by atoms with van der Waals surface area (Å²) in [5.41, 5.74) is 1.65. The highest BCUT2D eigenvalue weighted by Gasteiger charge is 2.21. The molecular formula is C25H21NO4S2. The molecule has 0 bridgehead atoms.